The molecule has 2 heterocycles. The first kappa shape index (κ1) is 21.0. The normalized spacial score (nSPS) is 12.2. The fraction of sp³-hybridized carbons (Fsp3) is 0.0909. The number of aromatic nitrogens is 2. The van der Waals surface area contributed by atoms with Crippen LogP contribution in [0.15, 0.2) is 54.7 Å². The third-order valence-corrected chi connectivity index (χ3v) is 6.17. The highest BCUT2D eigenvalue weighted by Gasteiger charge is 2.24. The van der Waals surface area contributed by atoms with E-state index in [-0.39, 0.29) is 5.75 Å². The molecule has 2 aromatic heterocycles. The van der Waals surface area contributed by atoms with E-state index in [0.717, 1.165) is 5.39 Å². The molecule has 1 unspecified atom stereocenters. The summed E-state index contributed by atoms with van der Waals surface area (Å²) in [6, 6.07) is 13.5. The zero-order chi connectivity index (χ0) is 21.4. The van der Waals surface area contributed by atoms with Gasteiger partial charge in [-0.25, -0.2) is 4.98 Å². The highest BCUT2D eigenvalue weighted by Crippen LogP contribution is 2.41. The molecule has 4 nitrogen and oxygen atoms in total. The third kappa shape index (κ3) is 4.01. The van der Waals surface area contributed by atoms with E-state index in [1.165, 1.54) is 0 Å². The van der Waals surface area contributed by atoms with E-state index in [9.17, 15) is 5.11 Å². The van der Waals surface area contributed by atoms with Crippen LogP contribution in [0.3, 0.4) is 0 Å². The quantitative estimate of drug-likeness (QED) is 0.299. The maximum Gasteiger partial charge on any atom is 0.147 e. The number of halogens is 4. The largest absolute Gasteiger partial charge is 0.505 e. The average molecular weight is 479 g/mol. The molecule has 1 atom stereocenters. The monoisotopic (exact) mass is 477 g/mol. The van der Waals surface area contributed by atoms with Gasteiger partial charge < -0.3 is 10.4 Å². The van der Waals surface area contributed by atoms with Gasteiger partial charge in [-0.2, -0.15) is 0 Å². The second kappa shape index (κ2) is 8.48. The lowest BCUT2D eigenvalue weighted by atomic mass is 9.96. The number of hydrogen-bond donors (Lipinski definition) is 2. The second-order valence-electron chi connectivity index (χ2n) is 6.71. The molecule has 0 spiro atoms. The van der Waals surface area contributed by atoms with Crippen molar-refractivity contribution in [2.24, 2.45) is 0 Å². The highest BCUT2D eigenvalue weighted by molar-refractivity contribution is 6.43. The van der Waals surface area contributed by atoms with Crippen LogP contribution in [0.2, 0.25) is 20.1 Å². The predicted molar refractivity (Wildman–Crippen MR) is 124 cm³/mol. The van der Waals surface area contributed by atoms with E-state index in [4.69, 9.17) is 46.4 Å². The molecule has 0 fully saturated rings. The van der Waals surface area contributed by atoms with Gasteiger partial charge in [-0.3, -0.25) is 4.98 Å². The van der Waals surface area contributed by atoms with Crippen LogP contribution in [-0.2, 0) is 0 Å². The standard InChI is InChI=1S/C22H15Cl4N3O/c1-11-16(24)6-7-18(28-11)29-21(15-9-13(23)10-17(25)19(15)26)14-5-4-12-3-2-8-27-20(12)22(14)30/h2-10,21,30H,1H3,(H,28,29). The zero-order valence-corrected chi connectivity index (χ0v) is 18.7. The van der Waals surface area contributed by atoms with Crippen LogP contribution in [0.5, 0.6) is 5.75 Å². The smallest absolute Gasteiger partial charge is 0.147 e. The van der Waals surface area contributed by atoms with Gasteiger partial charge in [-0.05, 0) is 37.3 Å². The minimum absolute atomic E-state index is 0.0310. The van der Waals surface area contributed by atoms with Gasteiger partial charge in [0, 0.05) is 27.7 Å². The topological polar surface area (TPSA) is 58.0 Å². The number of phenols is 1. The van der Waals surface area contributed by atoms with Crippen molar-refractivity contribution in [1.82, 2.24) is 9.97 Å². The van der Waals surface area contributed by atoms with Crippen LogP contribution >= 0.6 is 46.4 Å². The summed E-state index contributed by atoms with van der Waals surface area (Å²) in [5.74, 6) is 0.582. The maximum atomic E-state index is 11.0. The molecule has 30 heavy (non-hydrogen) atoms. The molecule has 0 amide bonds. The Morgan fingerprint density at radius 1 is 0.933 bits per heavy atom. The number of rotatable bonds is 4. The van der Waals surface area contributed by atoms with Crippen LogP contribution in [0.1, 0.15) is 22.9 Å². The first-order valence-electron chi connectivity index (χ1n) is 8.96. The fourth-order valence-electron chi connectivity index (χ4n) is 3.26. The van der Waals surface area contributed by atoms with Gasteiger partial charge in [0.1, 0.15) is 17.1 Å². The lowest BCUT2D eigenvalue weighted by Crippen LogP contribution is -2.15. The Morgan fingerprint density at radius 2 is 1.73 bits per heavy atom. The van der Waals surface area contributed by atoms with Crippen molar-refractivity contribution in [3.8, 4) is 5.75 Å². The van der Waals surface area contributed by atoms with Crippen molar-refractivity contribution in [1.29, 1.82) is 0 Å². The molecule has 2 aromatic carbocycles. The van der Waals surface area contributed by atoms with Crippen molar-refractivity contribution in [3.05, 3.63) is 91.6 Å². The Hall–Kier alpha value is -2.24. The number of anilines is 1. The highest BCUT2D eigenvalue weighted by atomic mass is 35.5. The van der Waals surface area contributed by atoms with Crippen LogP contribution < -0.4 is 5.32 Å². The lowest BCUT2D eigenvalue weighted by molar-refractivity contribution is 0.471. The Bertz CT molecular complexity index is 1260. The number of aryl methyl sites for hydroxylation is 1. The number of nitrogens with one attached hydrogen (secondary N) is 1. The van der Waals surface area contributed by atoms with Crippen molar-refractivity contribution < 1.29 is 5.11 Å². The number of fused-ring (bicyclic) bond motifs is 1. The molecule has 0 bridgehead atoms. The van der Waals surface area contributed by atoms with Crippen molar-refractivity contribution in [2.75, 3.05) is 5.32 Å². The summed E-state index contributed by atoms with van der Waals surface area (Å²) in [4.78, 5) is 8.79. The van der Waals surface area contributed by atoms with Crippen LogP contribution in [0.4, 0.5) is 5.82 Å². The maximum absolute atomic E-state index is 11.0. The molecule has 8 heteroatoms. The molecule has 4 rings (SSSR count). The fourth-order valence-corrected chi connectivity index (χ4v) is 4.09. The Morgan fingerprint density at radius 3 is 2.50 bits per heavy atom. The van der Waals surface area contributed by atoms with Crippen molar-refractivity contribution >= 4 is 63.1 Å². The predicted octanol–water partition coefficient (Wildman–Crippen LogP) is 7.46. The average Bonchev–Trinajstić information content (AvgIpc) is 2.72. The first-order chi connectivity index (χ1) is 14.3. The van der Waals surface area contributed by atoms with Gasteiger partial charge in [0.15, 0.2) is 0 Å². The number of hydrogen-bond acceptors (Lipinski definition) is 4. The molecule has 2 N–H and O–H groups in total. The second-order valence-corrected chi connectivity index (χ2v) is 8.34. The van der Waals surface area contributed by atoms with Crippen LogP contribution in [0.25, 0.3) is 10.9 Å². The van der Waals surface area contributed by atoms with E-state index in [0.29, 0.717) is 48.2 Å². The molecule has 0 aliphatic carbocycles. The number of pyridine rings is 2. The third-order valence-electron chi connectivity index (χ3n) is 4.74. The van der Waals surface area contributed by atoms with Gasteiger partial charge in [-0.15, -0.1) is 0 Å². The summed E-state index contributed by atoms with van der Waals surface area (Å²) in [5.41, 5.74) is 2.29. The van der Waals surface area contributed by atoms with E-state index < -0.39 is 6.04 Å². The van der Waals surface area contributed by atoms with E-state index in [1.54, 1.807) is 30.5 Å². The molecular formula is C22H15Cl4N3O. The van der Waals surface area contributed by atoms with Gasteiger partial charge in [0.2, 0.25) is 0 Å². The molecule has 4 aromatic rings. The van der Waals surface area contributed by atoms with Crippen molar-refractivity contribution in [3.63, 3.8) is 0 Å². The van der Waals surface area contributed by atoms with E-state index in [1.807, 2.05) is 31.2 Å². The van der Waals surface area contributed by atoms with Gasteiger partial charge in [-0.1, -0.05) is 64.6 Å². The minimum atomic E-state index is -0.604. The Labute approximate surface area is 193 Å². The number of phenolic OH excluding ortho intramolecular Hbond substituents is 1. The van der Waals surface area contributed by atoms with Gasteiger partial charge >= 0.3 is 0 Å². The summed E-state index contributed by atoms with van der Waals surface area (Å²) in [7, 11) is 0. The first-order valence-corrected chi connectivity index (χ1v) is 10.5. The van der Waals surface area contributed by atoms with Crippen LogP contribution in [-0.4, -0.2) is 15.1 Å². The zero-order valence-electron chi connectivity index (χ0n) is 15.6. The number of aromatic hydroxyl groups is 1. The Kier molecular flexibility index (Phi) is 5.94. The number of nitrogens with zero attached hydrogens (tertiary/aromatic N) is 2. The SMILES string of the molecule is Cc1nc(NC(c2cc(Cl)cc(Cl)c2Cl)c2ccc3cccnc3c2O)ccc1Cl. The molecule has 0 aliphatic heterocycles. The minimum Gasteiger partial charge on any atom is -0.505 e. The van der Waals surface area contributed by atoms with Crippen LogP contribution in [0, 0.1) is 6.92 Å². The van der Waals surface area contributed by atoms with E-state index >= 15 is 0 Å². The van der Waals surface area contributed by atoms with Gasteiger partial charge in [0.05, 0.1) is 26.8 Å². The molecule has 152 valence electrons. The summed E-state index contributed by atoms with van der Waals surface area (Å²) in [6.45, 7) is 1.81. The molecule has 0 saturated heterocycles. The molecular weight excluding hydrogens is 464 g/mol. The molecule has 0 radical (unpaired) electrons. The summed E-state index contributed by atoms with van der Waals surface area (Å²) >= 11 is 25.2. The number of benzene rings is 2. The van der Waals surface area contributed by atoms with E-state index in [2.05, 4.69) is 15.3 Å². The van der Waals surface area contributed by atoms with Gasteiger partial charge in [0.25, 0.3) is 0 Å². The van der Waals surface area contributed by atoms with Crippen molar-refractivity contribution in [2.45, 2.75) is 13.0 Å². The molecule has 0 aliphatic rings. The Balaban J connectivity index is 1.92. The summed E-state index contributed by atoms with van der Waals surface area (Å²) in [6.07, 6.45) is 1.63. The molecule has 0 saturated carbocycles. The lowest BCUT2D eigenvalue weighted by Gasteiger charge is -2.24. The summed E-state index contributed by atoms with van der Waals surface area (Å²) in [5, 5.41) is 16.8. The summed E-state index contributed by atoms with van der Waals surface area (Å²) < 4.78 is 0.